The van der Waals surface area contributed by atoms with Crippen molar-refractivity contribution in [2.45, 2.75) is 12.6 Å². The maximum Gasteiger partial charge on any atom is 0.417 e. The van der Waals surface area contributed by atoms with E-state index in [1.165, 1.54) is 0 Å². The zero-order valence-electron chi connectivity index (χ0n) is 7.27. The van der Waals surface area contributed by atoms with Crippen LogP contribution in [0.4, 0.5) is 13.2 Å². The number of rotatable bonds is 1. The second kappa shape index (κ2) is 4.11. The molecule has 0 amide bonds. The summed E-state index contributed by atoms with van der Waals surface area (Å²) in [6.07, 6.45) is -4.73. The van der Waals surface area contributed by atoms with Gasteiger partial charge in [0, 0.05) is 0 Å². The van der Waals surface area contributed by atoms with Crippen LogP contribution in [0.5, 0.6) is 5.75 Å². The van der Waals surface area contributed by atoms with Crippen LogP contribution in [0.2, 0.25) is 0 Å². The third-order valence-electron chi connectivity index (χ3n) is 1.70. The van der Waals surface area contributed by atoms with E-state index in [1.54, 1.807) is 6.07 Å². The van der Waals surface area contributed by atoms with E-state index in [0.717, 1.165) is 12.1 Å². The number of phenols is 1. The molecule has 15 heavy (non-hydrogen) atoms. The molecule has 0 saturated heterocycles. The Hall–Kier alpha value is -1.22. The van der Waals surface area contributed by atoms with Crippen LogP contribution >= 0.6 is 15.9 Å². The number of aromatic hydroxyl groups is 1. The largest absolute Gasteiger partial charge is 0.507 e. The minimum Gasteiger partial charge on any atom is -0.507 e. The van der Waals surface area contributed by atoms with Crippen molar-refractivity contribution >= 4 is 15.9 Å². The van der Waals surface area contributed by atoms with E-state index in [0.29, 0.717) is 0 Å². The molecule has 80 valence electrons. The van der Waals surface area contributed by atoms with Gasteiger partial charge in [0.2, 0.25) is 0 Å². The molecule has 0 saturated carbocycles. The zero-order chi connectivity index (χ0) is 11.6. The van der Waals surface area contributed by atoms with Gasteiger partial charge in [0.25, 0.3) is 0 Å². The van der Waals surface area contributed by atoms with Crippen LogP contribution in [-0.2, 0) is 12.6 Å². The molecule has 0 fully saturated rings. The van der Waals surface area contributed by atoms with Crippen LogP contribution in [-0.4, -0.2) is 5.11 Å². The number of nitriles is 1. The van der Waals surface area contributed by atoms with Gasteiger partial charge in [-0.25, -0.2) is 0 Å². The first kappa shape index (κ1) is 11.9. The Labute approximate surface area is 92.1 Å². The standard InChI is InChI=1S/C9H5BrF3NO/c10-8-6(9(11,12)13)3-5(1-2-14)4-7(8)15/h3-4,15H,1H2. The van der Waals surface area contributed by atoms with E-state index in [4.69, 9.17) is 5.26 Å². The zero-order valence-corrected chi connectivity index (χ0v) is 8.85. The second-order valence-electron chi connectivity index (χ2n) is 2.81. The lowest BCUT2D eigenvalue weighted by atomic mass is 10.1. The van der Waals surface area contributed by atoms with Crippen LogP contribution in [0.15, 0.2) is 16.6 Å². The van der Waals surface area contributed by atoms with E-state index in [9.17, 15) is 18.3 Å². The van der Waals surface area contributed by atoms with Crippen LogP contribution in [0.1, 0.15) is 11.1 Å². The Kier molecular flexibility index (Phi) is 3.25. The van der Waals surface area contributed by atoms with Gasteiger partial charge in [-0.1, -0.05) is 0 Å². The molecule has 6 heteroatoms. The molecular formula is C9H5BrF3NO. The van der Waals surface area contributed by atoms with Crippen LogP contribution in [0.25, 0.3) is 0 Å². The van der Waals surface area contributed by atoms with Crippen molar-refractivity contribution in [3.05, 3.63) is 27.7 Å². The highest BCUT2D eigenvalue weighted by molar-refractivity contribution is 9.10. The number of hydrogen-bond donors (Lipinski definition) is 1. The predicted molar refractivity (Wildman–Crippen MR) is 50.1 cm³/mol. The lowest BCUT2D eigenvalue weighted by Gasteiger charge is -2.11. The van der Waals surface area contributed by atoms with Gasteiger partial charge in [-0.05, 0) is 33.6 Å². The highest BCUT2D eigenvalue weighted by Crippen LogP contribution is 2.39. The van der Waals surface area contributed by atoms with Crippen molar-refractivity contribution in [3.63, 3.8) is 0 Å². The predicted octanol–water partition coefficient (Wildman–Crippen LogP) is 3.24. The molecule has 0 aromatic heterocycles. The van der Waals surface area contributed by atoms with E-state index < -0.39 is 22.0 Å². The van der Waals surface area contributed by atoms with E-state index in [1.807, 2.05) is 0 Å². The van der Waals surface area contributed by atoms with Crippen LogP contribution in [0, 0.1) is 11.3 Å². The molecule has 2 nitrogen and oxygen atoms in total. The smallest absolute Gasteiger partial charge is 0.417 e. The molecule has 0 heterocycles. The molecule has 0 radical (unpaired) electrons. The molecule has 0 atom stereocenters. The lowest BCUT2D eigenvalue weighted by molar-refractivity contribution is -0.138. The van der Waals surface area contributed by atoms with Gasteiger partial charge in [-0.2, -0.15) is 18.4 Å². The number of phenolic OH excluding ortho intramolecular Hbond substituents is 1. The van der Waals surface area contributed by atoms with Crippen molar-refractivity contribution < 1.29 is 18.3 Å². The third-order valence-corrected chi connectivity index (χ3v) is 2.54. The molecule has 0 aliphatic rings. The molecule has 0 aliphatic heterocycles. The topological polar surface area (TPSA) is 44.0 Å². The molecule has 0 bridgehead atoms. The molecular weight excluding hydrogens is 275 g/mol. The van der Waals surface area contributed by atoms with Gasteiger partial charge in [0.1, 0.15) is 5.75 Å². The fourth-order valence-corrected chi connectivity index (χ4v) is 1.52. The summed E-state index contributed by atoms with van der Waals surface area (Å²) in [7, 11) is 0. The van der Waals surface area contributed by atoms with Gasteiger partial charge in [-0.15, -0.1) is 0 Å². The molecule has 0 aliphatic carbocycles. The summed E-state index contributed by atoms with van der Waals surface area (Å²) < 4.78 is 36.9. The highest BCUT2D eigenvalue weighted by Gasteiger charge is 2.34. The maximum atomic E-state index is 12.4. The van der Waals surface area contributed by atoms with E-state index >= 15 is 0 Å². The maximum absolute atomic E-state index is 12.4. The summed E-state index contributed by atoms with van der Waals surface area (Å²) in [6, 6.07) is 3.68. The quantitative estimate of drug-likeness (QED) is 0.858. The van der Waals surface area contributed by atoms with Gasteiger partial charge < -0.3 is 5.11 Å². The molecule has 0 unspecified atom stereocenters. The van der Waals surface area contributed by atoms with Crippen molar-refractivity contribution in [2.75, 3.05) is 0 Å². The van der Waals surface area contributed by atoms with Gasteiger partial charge in [0.15, 0.2) is 0 Å². The van der Waals surface area contributed by atoms with Gasteiger partial charge in [0.05, 0.1) is 22.5 Å². The number of benzene rings is 1. The number of nitrogens with zero attached hydrogens (tertiary/aromatic N) is 1. The Morgan fingerprint density at radius 2 is 2.00 bits per heavy atom. The summed E-state index contributed by atoms with van der Waals surface area (Å²) in [6.45, 7) is 0. The lowest BCUT2D eigenvalue weighted by Crippen LogP contribution is -2.07. The van der Waals surface area contributed by atoms with Gasteiger partial charge >= 0.3 is 6.18 Å². The van der Waals surface area contributed by atoms with Gasteiger partial charge in [-0.3, -0.25) is 0 Å². The van der Waals surface area contributed by atoms with Crippen molar-refractivity contribution in [1.29, 1.82) is 5.26 Å². The Morgan fingerprint density at radius 1 is 1.40 bits per heavy atom. The second-order valence-corrected chi connectivity index (χ2v) is 3.60. The summed E-state index contributed by atoms with van der Waals surface area (Å²) in [4.78, 5) is 0. The van der Waals surface area contributed by atoms with Crippen molar-refractivity contribution in [2.24, 2.45) is 0 Å². The summed E-state index contributed by atoms with van der Waals surface area (Å²) in [5.74, 6) is -0.518. The minimum absolute atomic E-state index is 0.130. The summed E-state index contributed by atoms with van der Waals surface area (Å²) in [5, 5.41) is 17.6. The Morgan fingerprint density at radius 3 is 2.47 bits per heavy atom. The monoisotopic (exact) mass is 279 g/mol. The summed E-state index contributed by atoms with van der Waals surface area (Å²) >= 11 is 2.65. The number of hydrogen-bond acceptors (Lipinski definition) is 2. The first-order valence-electron chi connectivity index (χ1n) is 3.81. The normalized spacial score (nSPS) is 11.1. The molecule has 1 aromatic carbocycles. The molecule has 1 N–H and O–H groups in total. The minimum atomic E-state index is -4.55. The van der Waals surface area contributed by atoms with Crippen molar-refractivity contribution in [3.8, 4) is 11.8 Å². The Balaban J connectivity index is 3.33. The van der Waals surface area contributed by atoms with Crippen molar-refractivity contribution in [1.82, 2.24) is 0 Å². The third kappa shape index (κ3) is 2.63. The fraction of sp³-hybridized carbons (Fsp3) is 0.222. The molecule has 1 rings (SSSR count). The van der Waals surface area contributed by atoms with Crippen LogP contribution < -0.4 is 0 Å². The SMILES string of the molecule is N#CCc1cc(O)c(Br)c(C(F)(F)F)c1. The highest BCUT2D eigenvalue weighted by atomic mass is 79.9. The molecule has 0 spiro atoms. The van der Waals surface area contributed by atoms with Crippen LogP contribution in [0.3, 0.4) is 0 Å². The first-order chi connectivity index (χ1) is 6.86. The Bertz CT molecular complexity index is 423. The summed E-state index contributed by atoms with van der Waals surface area (Å²) in [5.41, 5.74) is -0.849. The average Bonchev–Trinajstić information content (AvgIpc) is 2.09. The number of alkyl halides is 3. The first-order valence-corrected chi connectivity index (χ1v) is 4.61. The van der Waals surface area contributed by atoms with E-state index in [-0.39, 0.29) is 12.0 Å². The average molecular weight is 280 g/mol. The molecule has 1 aromatic rings. The fourth-order valence-electron chi connectivity index (χ4n) is 1.07. The number of halogens is 4. The van der Waals surface area contributed by atoms with E-state index in [2.05, 4.69) is 15.9 Å².